The minimum atomic E-state index is 0.104. The molecule has 16 heavy (non-hydrogen) atoms. The molecule has 0 spiro atoms. The Labute approximate surface area is 98.7 Å². The topological polar surface area (TPSA) is 47.9 Å². The predicted molar refractivity (Wildman–Crippen MR) is 67.6 cm³/mol. The molecule has 0 saturated carbocycles. The van der Waals surface area contributed by atoms with Crippen LogP contribution in [0.2, 0.25) is 0 Å². The van der Waals surface area contributed by atoms with Crippen LogP contribution in [0.1, 0.15) is 34.6 Å². The van der Waals surface area contributed by atoms with E-state index in [2.05, 4.69) is 49.8 Å². The summed E-state index contributed by atoms with van der Waals surface area (Å²) in [7, 11) is 0. The molecule has 1 saturated heterocycles. The Kier molecular flexibility index (Phi) is 3.84. The number of likely N-dealkylation sites (tertiary alicyclic amines) is 1. The van der Waals surface area contributed by atoms with Crippen molar-refractivity contribution < 1.29 is 5.11 Å². The van der Waals surface area contributed by atoms with Crippen LogP contribution in [0.5, 0.6) is 0 Å². The van der Waals surface area contributed by atoms with Crippen molar-refractivity contribution in [2.45, 2.75) is 40.2 Å². The summed E-state index contributed by atoms with van der Waals surface area (Å²) in [6.45, 7) is 13.5. The number of guanidine groups is 1. The summed E-state index contributed by atoms with van der Waals surface area (Å²) in [5.74, 6) is 0.917. The van der Waals surface area contributed by atoms with Gasteiger partial charge in [0.15, 0.2) is 5.96 Å². The monoisotopic (exact) mass is 227 g/mol. The average molecular weight is 227 g/mol. The Morgan fingerprint density at radius 2 is 2.00 bits per heavy atom. The van der Waals surface area contributed by atoms with Crippen molar-refractivity contribution in [3.63, 3.8) is 0 Å². The highest BCUT2D eigenvalue weighted by Crippen LogP contribution is 2.46. The highest BCUT2D eigenvalue weighted by atomic mass is 16.3. The van der Waals surface area contributed by atoms with Gasteiger partial charge in [0.1, 0.15) is 0 Å². The first-order chi connectivity index (χ1) is 7.36. The van der Waals surface area contributed by atoms with Crippen molar-refractivity contribution in [1.29, 1.82) is 0 Å². The molecule has 4 nitrogen and oxygen atoms in total. The third kappa shape index (κ3) is 2.17. The second-order valence-electron chi connectivity index (χ2n) is 5.49. The fourth-order valence-electron chi connectivity index (χ4n) is 1.95. The molecular weight excluding hydrogens is 202 g/mol. The summed E-state index contributed by atoms with van der Waals surface area (Å²) in [6.07, 6.45) is 0. The number of nitrogens with zero attached hydrogens (tertiary/aromatic N) is 2. The summed E-state index contributed by atoms with van der Waals surface area (Å²) < 4.78 is 0. The van der Waals surface area contributed by atoms with Gasteiger partial charge in [0.25, 0.3) is 0 Å². The number of rotatable bonds is 3. The van der Waals surface area contributed by atoms with Crippen LogP contribution in [0.15, 0.2) is 4.99 Å². The highest BCUT2D eigenvalue weighted by Gasteiger charge is 2.53. The lowest BCUT2D eigenvalue weighted by atomic mass is 9.65. The standard InChI is InChI=1S/C12H25N3O/c1-6-13-10(14-7-8-16)15-9-11(2,3)12(15,4)5/h16H,6-9H2,1-5H3,(H,13,14). The van der Waals surface area contributed by atoms with Gasteiger partial charge in [-0.2, -0.15) is 0 Å². The largest absolute Gasteiger partial charge is 0.394 e. The summed E-state index contributed by atoms with van der Waals surface area (Å²) in [5, 5.41) is 12.1. The maximum Gasteiger partial charge on any atom is 0.194 e. The van der Waals surface area contributed by atoms with Crippen LogP contribution in [0, 0.1) is 5.41 Å². The molecule has 1 rings (SSSR count). The fourth-order valence-corrected chi connectivity index (χ4v) is 1.95. The SMILES string of the molecule is CCNC(=NCCO)N1CC(C)(C)C1(C)C. The number of nitrogens with one attached hydrogen (secondary N) is 1. The molecule has 0 unspecified atom stereocenters. The first-order valence-electron chi connectivity index (χ1n) is 6.03. The summed E-state index contributed by atoms with van der Waals surface area (Å²) >= 11 is 0. The number of aliphatic hydroxyl groups is 1. The molecule has 94 valence electrons. The van der Waals surface area contributed by atoms with Gasteiger partial charge in [-0.25, -0.2) is 0 Å². The van der Waals surface area contributed by atoms with E-state index in [9.17, 15) is 0 Å². The second-order valence-corrected chi connectivity index (χ2v) is 5.49. The van der Waals surface area contributed by atoms with Crippen molar-refractivity contribution in [2.75, 3.05) is 26.2 Å². The van der Waals surface area contributed by atoms with Gasteiger partial charge >= 0.3 is 0 Å². The third-order valence-corrected chi connectivity index (χ3v) is 3.84. The van der Waals surface area contributed by atoms with Gasteiger partial charge in [-0.1, -0.05) is 13.8 Å². The van der Waals surface area contributed by atoms with E-state index in [0.717, 1.165) is 19.0 Å². The second kappa shape index (κ2) is 4.62. The zero-order valence-electron chi connectivity index (χ0n) is 11.2. The van der Waals surface area contributed by atoms with Gasteiger partial charge in [0.2, 0.25) is 0 Å². The van der Waals surface area contributed by atoms with Crippen LogP contribution < -0.4 is 5.32 Å². The molecule has 4 heteroatoms. The van der Waals surface area contributed by atoms with Crippen LogP contribution in [0.3, 0.4) is 0 Å². The third-order valence-electron chi connectivity index (χ3n) is 3.84. The lowest BCUT2D eigenvalue weighted by Gasteiger charge is -2.62. The molecule has 0 aliphatic carbocycles. The maximum absolute atomic E-state index is 8.84. The Bertz CT molecular complexity index is 271. The number of aliphatic imine (C=N–C) groups is 1. The van der Waals surface area contributed by atoms with E-state index in [1.54, 1.807) is 0 Å². The molecule has 2 N–H and O–H groups in total. The fraction of sp³-hybridized carbons (Fsp3) is 0.917. The van der Waals surface area contributed by atoms with Gasteiger partial charge in [-0.3, -0.25) is 4.99 Å². The number of hydrogen-bond donors (Lipinski definition) is 2. The summed E-state index contributed by atoms with van der Waals surface area (Å²) in [4.78, 5) is 6.68. The normalized spacial score (nSPS) is 22.9. The zero-order valence-corrected chi connectivity index (χ0v) is 11.2. The molecule has 0 aromatic carbocycles. The van der Waals surface area contributed by atoms with Crippen LogP contribution in [-0.4, -0.2) is 47.7 Å². The average Bonchev–Trinajstić information content (AvgIpc) is 2.21. The Morgan fingerprint density at radius 1 is 1.38 bits per heavy atom. The molecule has 0 aromatic heterocycles. The predicted octanol–water partition coefficient (Wildman–Crippen LogP) is 1.06. The molecule has 0 bridgehead atoms. The van der Waals surface area contributed by atoms with Crippen molar-refractivity contribution in [2.24, 2.45) is 10.4 Å². The van der Waals surface area contributed by atoms with Gasteiger partial charge in [-0.05, 0) is 20.8 Å². The molecule has 1 aliphatic rings. The quantitative estimate of drug-likeness (QED) is 0.560. The van der Waals surface area contributed by atoms with Crippen LogP contribution in [0.25, 0.3) is 0 Å². The van der Waals surface area contributed by atoms with Crippen LogP contribution in [-0.2, 0) is 0 Å². The maximum atomic E-state index is 8.84. The van der Waals surface area contributed by atoms with E-state index < -0.39 is 0 Å². The van der Waals surface area contributed by atoms with Gasteiger partial charge in [-0.15, -0.1) is 0 Å². The first-order valence-corrected chi connectivity index (χ1v) is 6.03. The van der Waals surface area contributed by atoms with E-state index in [1.807, 2.05) is 0 Å². The van der Waals surface area contributed by atoms with Gasteiger partial charge in [0.05, 0.1) is 13.2 Å². The molecule has 1 fully saturated rings. The van der Waals surface area contributed by atoms with Crippen molar-refractivity contribution in [1.82, 2.24) is 10.2 Å². The van der Waals surface area contributed by atoms with Crippen LogP contribution in [0.4, 0.5) is 0 Å². The number of aliphatic hydroxyl groups excluding tert-OH is 1. The summed E-state index contributed by atoms with van der Waals surface area (Å²) in [6, 6.07) is 0. The Hall–Kier alpha value is -0.770. The summed E-state index contributed by atoms with van der Waals surface area (Å²) in [5.41, 5.74) is 0.422. The van der Waals surface area contributed by atoms with Gasteiger partial charge < -0.3 is 15.3 Å². The number of hydrogen-bond acceptors (Lipinski definition) is 2. The molecular formula is C12H25N3O. The molecule has 1 aliphatic heterocycles. The van der Waals surface area contributed by atoms with Gasteiger partial charge in [0, 0.05) is 24.0 Å². The smallest absolute Gasteiger partial charge is 0.194 e. The van der Waals surface area contributed by atoms with Crippen molar-refractivity contribution in [3.05, 3.63) is 0 Å². The van der Waals surface area contributed by atoms with E-state index >= 15 is 0 Å². The molecule has 1 heterocycles. The van der Waals surface area contributed by atoms with Crippen molar-refractivity contribution >= 4 is 5.96 Å². The molecule has 0 aromatic rings. The van der Waals surface area contributed by atoms with Crippen LogP contribution >= 0.6 is 0 Å². The Morgan fingerprint density at radius 3 is 2.38 bits per heavy atom. The minimum Gasteiger partial charge on any atom is -0.394 e. The van der Waals surface area contributed by atoms with E-state index in [4.69, 9.17) is 5.11 Å². The lowest BCUT2D eigenvalue weighted by Crippen LogP contribution is -2.72. The van der Waals surface area contributed by atoms with E-state index in [-0.39, 0.29) is 12.1 Å². The zero-order chi connectivity index (χ0) is 12.4. The molecule has 0 radical (unpaired) electrons. The van der Waals surface area contributed by atoms with Crippen molar-refractivity contribution in [3.8, 4) is 0 Å². The highest BCUT2D eigenvalue weighted by molar-refractivity contribution is 5.82. The van der Waals surface area contributed by atoms with E-state index in [1.165, 1.54) is 0 Å². The first kappa shape index (κ1) is 13.3. The Balaban J connectivity index is 2.75. The van der Waals surface area contributed by atoms with E-state index in [0.29, 0.717) is 12.0 Å². The lowest BCUT2D eigenvalue weighted by molar-refractivity contribution is -0.0667. The molecule has 0 atom stereocenters. The minimum absolute atomic E-state index is 0.104. The molecule has 0 amide bonds.